The van der Waals surface area contributed by atoms with Crippen molar-refractivity contribution in [2.75, 3.05) is 7.11 Å². The summed E-state index contributed by atoms with van der Waals surface area (Å²) in [5, 5.41) is 13.0. The monoisotopic (exact) mass is 246 g/mol. The fourth-order valence-electron chi connectivity index (χ4n) is 1.60. The fourth-order valence-corrected chi connectivity index (χ4v) is 1.60. The number of aromatic nitrogens is 3. The number of ether oxygens (including phenoxy) is 1. The van der Waals surface area contributed by atoms with Gasteiger partial charge in [-0.3, -0.25) is 5.10 Å². The van der Waals surface area contributed by atoms with E-state index in [-0.39, 0.29) is 0 Å². The number of carbonyl (C=O) groups is 1. The zero-order valence-electron chi connectivity index (χ0n) is 10.2. The van der Waals surface area contributed by atoms with E-state index in [4.69, 9.17) is 0 Å². The first-order chi connectivity index (χ1) is 8.70. The average molecular weight is 246 g/mol. The smallest absolute Gasteiger partial charge is 0.407 e. The van der Waals surface area contributed by atoms with Crippen LogP contribution in [0, 0.1) is 6.92 Å². The molecule has 2 aromatic rings. The van der Waals surface area contributed by atoms with Crippen LogP contribution in [0.2, 0.25) is 0 Å². The lowest BCUT2D eigenvalue weighted by molar-refractivity contribution is 0.170. The molecular formula is C12H14N4O2. The molecule has 0 fully saturated rings. The Kier molecular flexibility index (Phi) is 3.57. The first-order valence-electron chi connectivity index (χ1n) is 5.49. The molecule has 0 aliphatic carbocycles. The van der Waals surface area contributed by atoms with E-state index in [9.17, 15) is 4.79 Å². The molecule has 0 radical (unpaired) electrons. The summed E-state index contributed by atoms with van der Waals surface area (Å²) in [6.07, 6.45) is 1.28. The maximum atomic E-state index is 11.0. The van der Waals surface area contributed by atoms with Crippen LogP contribution in [-0.2, 0) is 11.3 Å². The van der Waals surface area contributed by atoms with Gasteiger partial charge in [-0.05, 0) is 24.1 Å². The van der Waals surface area contributed by atoms with E-state index in [1.54, 1.807) is 6.20 Å². The van der Waals surface area contributed by atoms with E-state index < -0.39 is 6.09 Å². The molecule has 0 atom stereocenters. The highest BCUT2D eigenvalue weighted by molar-refractivity contribution is 5.67. The van der Waals surface area contributed by atoms with Gasteiger partial charge in [0.05, 0.1) is 7.11 Å². The third kappa shape index (κ3) is 2.65. The number of aryl methyl sites for hydroxylation is 1. The SMILES string of the molecule is COC(=O)NCc1cc(-c2c[nH]nn2)ccc1C. The van der Waals surface area contributed by atoms with Crippen molar-refractivity contribution >= 4 is 6.09 Å². The molecule has 2 rings (SSSR count). The van der Waals surface area contributed by atoms with Crippen LogP contribution in [0.4, 0.5) is 4.79 Å². The average Bonchev–Trinajstić information content (AvgIpc) is 2.91. The second kappa shape index (κ2) is 5.31. The number of hydrogen-bond donors (Lipinski definition) is 2. The summed E-state index contributed by atoms with van der Waals surface area (Å²) < 4.78 is 4.54. The van der Waals surface area contributed by atoms with Gasteiger partial charge in [-0.2, -0.15) is 0 Å². The van der Waals surface area contributed by atoms with Gasteiger partial charge >= 0.3 is 6.09 Å². The number of methoxy groups -OCH3 is 1. The number of amides is 1. The van der Waals surface area contributed by atoms with E-state index >= 15 is 0 Å². The summed E-state index contributed by atoms with van der Waals surface area (Å²) in [5.74, 6) is 0. The third-order valence-corrected chi connectivity index (χ3v) is 2.67. The van der Waals surface area contributed by atoms with Crippen LogP contribution in [0.3, 0.4) is 0 Å². The maximum absolute atomic E-state index is 11.0. The molecule has 1 aromatic heterocycles. The fraction of sp³-hybridized carbons (Fsp3) is 0.250. The molecule has 94 valence electrons. The van der Waals surface area contributed by atoms with Crippen molar-refractivity contribution in [1.82, 2.24) is 20.7 Å². The predicted molar refractivity (Wildman–Crippen MR) is 65.8 cm³/mol. The highest BCUT2D eigenvalue weighted by Crippen LogP contribution is 2.19. The standard InChI is InChI=1S/C12H14N4O2/c1-8-3-4-9(11-7-14-16-15-11)5-10(8)6-13-12(17)18-2/h3-5,7H,6H2,1-2H3,(H,13,17)(H,14,15,16). The Balaban J connectivity index is 2.19. The van der Waals surface area contributed by atoms with Crippen LogP contribution in [0.25, 0.3) is 11.3 Å². The van der Waals surface area contributed by atoms with Gasteiger partial charge in [0, 0.05) is 18.3 Å². The molecular weight excluding hydrogens is 232 g/mol. The number of alkyl carbamates (subject to hydrolysis) is 1. The normalized spacial score (nSPS) is 10.1. The van der Waals surface area contributed by atoms with Gasteiger partial charge in [0.1, 0.15) is 5.69 Å². The van der Waals surface area contributed by atoms with Crippen molar-refractivity contribution < 1.29 is 9.53 Å². The number of aromatic amines is 1. The molecule has 0 saturated carbocycles. The molecule has 1 aromatic carbocycles. The number of nitrogens with zero attached hydrogens (tertiary/aromatic N) is 2. The molecule has 0 aliphatic rings. The first-order valence-corrected chi connectivity index (χ1v) is 5.49. The minimum absolute atomic E-state index is 0.421. The molecule has 18 heavy (non-hydrogen) atoms. The Morgan fingerprint density at radius 3 is 3.00 bits per heavy atom. The van der Waals surface area contributed by atoms with Crippen LogP contribution in [0.5, 0.6) is 0 Å². The van der Waals surface area contributed by atoms with Crippen LogP contribution >= 0.6 is 0 Å². The van der Waals surface area contributed by atoms with Gasteiger partial charge in [0.2, 0.25) is 0 Å². The first kappa shape index (κ1) is 12.1. The molecule has 0 saturated heterocycles. The van der Waals surface area contributed by atoms with Gasteiger partial charge in [-0.25, -0.2) is 4.79 Å². The quantitative estimate of drug-likeness (QED) is 0.862. The topological polar surface area (TPSA) is 79.9 Å². The summed E-state index contributed by atoms with van der Waals surface area (Å²) in [4.78, 5) is 11.0. The molecule has 1 amide bonds. The van der Waals surface area contributed by atoms with Crippen LogP contribution in [-0.4, -0.2) is 28.6 Å². The summed E-state index contributed by atoms with van der Waals surface area (Å²) >= 11 is 0. The Morgan fingerprint density at radius 2 is 2.33 bits per heavy atom. The van der Waals surface area contributed by atoms with Crippen molar-refractivity contribution in [1.29, 1.82) is 0 Å². The Hall–Kier alpha value is -2.37. The summed E-state index contributed by atoms with van der Waals surface area (Å²) in [6, 6.07) is 5.93. The van der Waals surface area contributed by atoms with Crippen molar-refractivity contribution in [2.45, 2.75) is 13.5 Å². The highest BCUT2D eigenvalue weighted by Gasteiger charge is 2.06. The number of benzene rings is 1. The van der Waals surface area contributed by atoms with Gasteiger partial charge in [-0.15, -0.1) is 5.10 Å². The van der Waals surface area contributed by atoms with Crippen LogP contribution < -0.4 is 5.32 Å². The minimum atomic E-state index is -0.443. The maximum Gasteiger partial charge on any atom is 0.407 e. The van der Waals surface area contributed by atoms with Crippen molar-refractivity contribution in [3.05, 3.63) is 35.5 Å². The number of carbonyl (C=O) groups excluding carboxylic acids is 1. The Bertz CT molecular complexity index is 537. The number of H-pyrrole nitrogens is 1. The second-order valence-electron chi connectivity index (χ2n) is 3.85. The van der Waals surface area contributed by atoms with Gasteiger partial charge < -0.3 is 10.1 Å². The van der Waals surface area contributed by atoms with Crippen molar-refractivity contribution in [3.63, 3.8) is 0 Å². The number of nitrogens with one attached hydrogen (secondary N) is 2. The number of hydrogen-bond acceptors (Lipinski definition) is 4. The van der Waals surface area contributed by atoms with E-state index in [0.29, 0.717) is 6.54 Å². The van der Waals surface area contributed by atoms with Crippen molar-refractivity contribution in [3.8, 4) is 11.3 Å². The third-order valence-electron chi connectivity index (χ3n) is 2.67. The van der Waals surface area contributed by atoms with Gasteiger partial charge in [-0.1, -0.05) is 17.3 Å². The van der Waals surface area contributed by atoms with Gasteiger partial charge in [0.15, 0.2) is 0 Å². The van der Waals surface area contributed by atoms with Crippen LogP contribution in [0.1, 0.15) is 11.1 Å². The number of rotatable bonds is 3. The van der Waals surface area contributed by atoms with Crippen LogP contribution in [0.15, 0.2) is 24.4 Å². The molecule has 0 spiro atoms. The highest BCUT2D eigenvalue weighted by atomic mass is 16.5. The lowest BCUT2D eigenvalue weighted by atomic mass is 10.0. The van der Waals surface area contributed by atoms with E-state index in [0.717, 1.165) is 22.4 Å². The summed E-state index contributed by atoms with van der Waals surface area (Å²) in [6.45, 7) is 2.41. The van der Waals surface area contributed by atoms with Crippen molar-refractivity contribution in [2.24, 2.45) is 0 Å². The zero-order valence-corrected chi connectivity index (χ0v) is 10.2. The molecule has 0 unspecified atom stereocenters. The lowest BCUT2D eigenvalue weighted by Gasteiger charge is -2.08. The Morgan fingerprint density at radius 1 is 1.50 bits per heavy atom. The predicted octanol–water partition coefficient (Wildman–Crippen LogP) is 1.64. The van der Waals surface area contributed by atoms with Gasteiger partial charge in [0.25, 0.3) is 0 Å². The van der Waals surface area contributed by atoms with E-state index in [2.05, 4.69) is 25.5 Å². The molecule has 6 nitrogen and oxygen atoms in total. The zero-order chi connectivity index (χ0) is 13.0. The summed E-state index contributed by atoms with van der Waals surface area (Å²) in [7, 11) is 1.34. The minimum Gasteiger partial charge on any atom is -0.453 e. The largest absolute Gasteiger partial charge is 0.453 e. The molecule has 2 N–H and O–H groups in total. The van der Waals surface area contributed by atoms with E-state index in [1.807, 2.05) is 25.1 Å². The molecule has 0 bridgehead atoms. The second-order valence-corrected chi connectivity index (χ2v) is 3.85. The summed E-state index contributed by atoms with van der Waals surface area (Å²) in [5.41, 5.74) is 3.84. The molecule has 1 heterocycles. The lowest BCUT2D eigenvalue weighted by Crippen LogP contribution is -2.22. The molecule has 6 heteroatoms. The Labute approximate surface area is 104 Å². The molecule has 0 aliphatic heterocycles. The van der Waals surface area contributed by atoms with E-state index in [1.165, 1.54) is 7.11 Å².